The van der Waals surface area contributed by atoms with Gasteiger partial charge in [-0.25, -0.2) is 4.39 Å². The Kier molecular flexibility index (Phi) is 2.17. The average molecular weight is 259 g/mol. The van der Waals surface area contributed by atoms with Crippen LogP contribution in [0.1, 0.15) is 10.4 Å². The van der Waals surface area contributed by atoms with E-state index in [9.17, 15) is 9.18 Å². The molecule has 1 aromatic heterocycles. The summed E-state index contributed by atoms with van der Waals surface area (Å²) in [5.41, 5.74) is 0.416. The van der Waals surface area contributed by atoms with Gasteiger partial charge in [0, 0.05) is 20.8 Å². The maximum Gasteiger partial charge on any atom is 0.151 e. The molecule has 0 N–H and O–H groups in total. The number of fused-ring (bicyclic) bond motifs is 1. The minimum atomic E-state index is -0.346. The molecule has 0 spiro atoms. The van der Waals surface area contributed by atoms with Gasteiger partial charge >= 0.3 is 0 Å². The number of hydrogen-bond acceptors (Lipinski definition) is 2. The van der Waals surface area contributed by atoms with E-state index in [-0.39, 0.29) is 5.82 Å². The van der Waals surface area contributed by atoms with Crippen molar-refractivity contribution in [3.05, 3.63) is 33.4 Å². The lowest BCUT2D eigenvalue weighted by atomic mass is 10.2. The highest BCUT2D eigenvalue weighted by atomic mass is 79.9. The van der Waals surface area contributed by atoms with Crippen molar-refractivity contribution in [1.29, 1.82) is 0 Å². The van der Waals surface area contributed by atoms with E-state index in [4.69, 9.17) is 0 Å². The van der Waals surface area contributed by atoms with Gasteiger partial charge < -0.3 is 0 Å². The monoisotopic (exact) mass is 258 g/mol. The Hall–Kier alpha value is -0.740. The van der Waals surface area contributed by atoms with Crippen molar-refractivity contribution in [3.8, 4) is 0 Å². The van der Waals surface area contributed by atoms with E-state index in [0.29, 0.717) is 17.2 Å². The lowest BCUT2D eigenvalue weighted by Gasteiger charge is -1.95. The van der Waals surface area contributed by atoms with Gasteiger partial charge in [-0.15, -0.1) is 11.3 Å². The van der Waals surface area contributed by atoms with Crippen LogP contribution in [-0.4, -0.2) is 6.29 Å². The predicted molar refractivity (Wildman–Crippen MR) is 54.9 cm³/mol. The van der Waals surface area contributed by atoms with Crippen LogP contribution in [0, 0.1) is 5.82 Å². The molecule has 0 amide bonds. The number of carbonyl (C=O) groups is 1. The van der Waals surface area contributed by atoms with Gasteiger partial charge in [-0.05, 0) is 28.1 Å². The summed E-state index contributed by atoms with van der Waals surface area (Å²) in [6.07, 6.45) is 0.675. The lowest BCUT2D eigenvalue weighted by Crippen LogP contribution is -1.81. The molecule has 0 radical (unpaired) electrons. The summed E-state index contributed by atoms with van der Waals surface area (Å²) in [5, 5.41) is 2.07. The number of hydrogen-bond donors (Lipinski definition) is 0. The minimum Gasteiger partial charge on any atom is -0.298 e. The van der Waals surface area contributed by atoms with Crippen LogP contribution in [0.2, 0.25) is 0 Å². The Balaban J connectivity index is 2.95. The Labute approximate surface area is 86.3 Å². The molecule has 0 saturated carbocycles. The molecule has 4 heteroatoms. The topological polar surface area (TPSA) is 17.1 Å². The molecule has 1 nitrogen and oxygen atoms in total. The maximum atomic E-state index is 13.3. The molecule has 13 heavy (non-hydrogen) atoms. The number of benzene rings is 1. The summed E-state index contributed by atoms with van der Waals surface area (Å²) < 4.78 is 14.9. The predicted octanol–water partition coefficient (Wildman–Crippen LogP) is 3.62. The van der Waals surface area contributed by atoms with Crippen molar-refractivity contribution >= 4 is 43.6 Å². The van der Waals surface area contributed by atoms with Gasteiger partial charge in [0.25, 0.3) is 0 Å². The van der Waals surface area contributed by atoms with Crippen LogP contribution in [0.5, 0.6) is 0 Å². The molecule has 1 aromatic carbocycles. The van der Waals surface area contributed by atoms with Crippen molar-refractivity contribution in [3.63, 3.8) is 0 Å². The molecule has 0 saturated heterocycles. The van der Waals surface area contributed by atoms with E-state index >= 15 is 0 Å². The first kappa shape index (κ1) is 8.84. The van der Waals surface area contributed by atoms with Gasteiger partial charge in [0.2, 0.25) is 0 Å². The number of aldehydes is 1. The number of carbonyl (C=O) groups excluding carboxylic acids is 1. The van der Waals surface area contributed by atoms with Crippen LogP contribution in [0.15, 0.2) is 22.0 Å². The van der Waals surface area contributed by atoms with E-state index in [1.54, 1.807) is 11.4 Å². The van der Waals surface area contributed by atoms with Gasteiger partial charge in [-0.1, -0.05) is 0 Å². The highest BCUT2D eigenvalue weighted by Gasteiger charge is 2.10. The summed E-state index contributed by atoms with van der Waals surface area (Å²) in [5.74, 6) is -0.346. The second-order valence-corrected chi connectivity index (χ2v) is 4.28. The van der Waals surface area contributed by atoms with Crippen LogP contribution in [0.3, 0.4) is 0 Å². The maximum absolute atomic E-state index is 13.3. The third-order valence-corrected chi connectivity index (χ3v) is 3.73. The highest BCUT2D eigenvalue weighted by Crippen LogP contribution is 2.33. The van der Waals surface area contributed by atoms with Gasteiger partial charge in [0.1, 0.15) is 5.82 Å². The summed E-state index contributed by atoms with van der Waals surface area (Å²) >= 11 is 4.66. The summed E-state index contributed by atoms with van der Waals surface area (Å²) in [7, 11) is 0. The fourth-order valence-electron chi connectivity index (χ4n) is 1.19. The molecular formula is C9H4BrFOS. The molecule has 0 fully saturated rings. The van der Waals surface area contributed by atoms with E-state index in [1.807, 2.05) is 0 Å². The molecule has 0 bridgehead atoms. The molecule has 0 atom stereocenters. The van der Waals surface area contributed by atoms with Crippen molar-refractivity contribution < 1.29 is 9.18 Å². The summed E-state index contributed by atoms with van der Waals surface area (Å²) in [6, 6.07) is 2.99. The Morgan fingerprint density at radius 3 is 2.92 bits per heavy atom. The van der Waals surface area contributed by atoms with Crippen molar-refractivity contribution in [2.24, 2.45) is 0 Å². The smallest absolute Gasteiger partial charge is 0.151 e. The second kappa shape index (κ2) is 3.20. The third-order valence-electron chi connectivity index (χ3n) is 1.78. The fraction of sp³-hybridized carbons (Fsp3) is 0. The highest BCUT2D eigenvalue weighted by molar-refractivity contribution is 9.10. The first-order valence-corrected chi connectivity index (χ1v) is 5.21. The van der Waals surface area contributed by atoms with Crippen molar-refractivity contribution in [1.82, 2.24) is 0 Å². The molecule has 0 unspecified atom stereocenters. The zero-order chi connectivity index (χ0) is 9.42. The fourth-order valence-corrected chi connectivity index (χ4v) is 2.73. The zero-order valence-electron chi connectivity index (χ0n) is 6.38. The molecule has 1 heterocycles. The standard InChI is InChI=1S/C9H4BrFOS/c10-6-1-2-7(11)8-5(3-12)4-13-9(6)8/h1-4H. The number of halogens is 2. The van der Waals surface area contributed by atoms with Crippen LogP contribution >= 0.6 is 27.3 Å². The molecule has 0 aliphatic rings. The summed E-state index contributed by atoms with van der Waals surface area (Å²) in [4.78, 5) is 10.6. The SMILES string of the molecule is O=Cc1csc2c(Br)ccc(F)c12. The van der Waals surface area contributed by atoms with Crippen molar-refractivity contribution in [2.75, 3.05) is 0 Å². The second-order valence-electron chi connectivity index (χ2n) is 2.54. The van der Waals surface area contributed by atoms with Crippen LogP contribution in [0.25, 0.3) is 10.1 Å². The van der Waals surface area contributed by atoms with E-state index < -0.39 is 0 Å². The molecule has 0 aliphatic carbocycles. The Morgan fingerprint density at radius 1 is 1.46 bits per heavy atom. The quantitative estimate of drug-likeness (QED) is 0.715. The summed E-state index contributed by atoms with van der Waals surface area (Å²) in [6.45, 7) is 0. The van der Waals surface area contributed by atoms with Crippen LogP contribution in [0.4, 0.5) is 4.39 Å². The Bertz CT molecular complexity index is 478. The van der Waals surface area contributed by atoms with Gasteiger partial charge in [-0.3, -0.25) is 4.79 Å². The normalized spacial score (nSPS) is 10.6. The van der Waals surface area contributed by atoms with Crippen molar-refractivity contribution in [2.45, 2.75) is 0 Å². The molecule has 66 valence electrons. The van der Waals surface area contributed by atoms with Gasteiger partial charge in [-0.2, -0.15) is 0 Å². The first-order chi connectivity index (χ1) is 6.24. The van der Waals surface area contributed by atoms with E-state index in [2.05, 4.69) is 15.9 Å². The van der Waals surface area contributed by atoms with Gasteiger partial charge in [0.05, 0.1) is 4.70 Å². The third kappa shape index (κ3) is 1.30. The number of rotatable bonds is 1. The first-order valence-electron chi connectivity index (χ1n) is 3.54. The minimum absolute atomic E-state index is 0.346. The zero-order valence-corrected chi connectivity index (χ0v) is 8.78. The Morgan fingerprint density at radius 2 is 2.23 bits per heavy atom. The van der Waals surface area contributed by atoms with Gasteiger partial charge in [0.15, 0.2) is 6.29 Å². The van der Waals surface area contributed by atoms with Crippen LogP contribution in [-0.2, 0) is 0 Å². The van der Waals surface area contributed by atoms with Crippen LogP contribution < -0.4 is 0 Å². The van der Waals surface area contributed by atoms with E-state index in [1.165, 1.54) is 17.4 Å². The number of thiophene rings is 1. The molecule has 2 rings (SSSR count). The molecular weight excluding hydrogens is 255 g/mol. The molecule has 0 aliphatic heterocycles. The largest absolute Gasteiger partial charge is 0.298 e. The average Bonchev–Trinajstić information content (AvgIpc) is 2.56. The van der Waals surface area contributed by atoms with E-state index in [0.717, 1.165) is 9.17 Å². The molecule has 2 aromatic rings. The lowest BCUT2D eigenvalue weighted by molar-refractivity contribution is 0.112.